The molecule has 10 heteroatoms. The Bertz CT molecular complexity index is 497. The molecule has 0 saturated carbocycles. The molecule has 2 aliphatic heterocycles. The zero-order valence-electron chi connectivity index (χ0n) is 10.0. The molecule has 0 aromatic carbocycles. The molecule has 1 fully saturated rings. The third kappa shape index (κ3) is 2.61. The third-order valence-electron chi connectivity index (χ3n) is 2.78. The number of hydrogen-bond acceptors (Lipinski definition) is 6. The summed E-state index contributed by atoms with van der Waals surface area (Å²) < 4.78 is 23.6. The molecule has 0 bridgehead atoms. The molecule has 1 saturated heterocycles. The minimum atomic E-state index is -2.75. The standard InChI is InChI=1S/C10H11F2N3O4S/c11-5(12)1-14-19-2-4-3-20-9-6(13)8(16)15(9)7(4)10(17)18/h1,5-6,9H,2-3,13H2,(H,17,18)/t6-,9-/m1/s1. The van der Waals surface area contributed by atoms with Crippen molar-refractivity contribution in [3.63, 3.8) is 0 Å². The van der Waals surface area contributed by atoms with Crippen molar-refractivity contribution in [2.24, 2.45) is 10.9 Å². The summed E-state index contributed by atoms with van der Waals surface area (Å²) in [4.78, 5) is 28.5. The largest absolute Gasteiger partial charge is 0.477 e. The number of hydrogen-bond donors (Lipinski definition) is 2. The molecule has 2 rings (SSSR count). The van der Waals surface area contributed by atoms with Gasteiger partial charge in [-0.15, -0.1) is 11.8 Å². The highest BCUT2D eigenvalue weighted by molar-refractivity contribution is 8.00. The summed E-state index contributed by atoms with van der Waals surface area (Å²) >= 11 is 1.30. The number of thioether (sulfide) groups is 1. The lowest BCUT2D eigenvalue weighted by Crippen LogP contribution is -2.68. The molecule has 2 aliphatic rings. The maximum Gasteiger partial charge on any atom is 0.352 e. The maximum absolute atomic E-state index is 11.8. The number of aliphatic carboxylic acids is 1. The first-order valence-electron chi connectivity index (χ1n) is 5.52. The molecule has 0 aromatic heterocycles. The number of carboxylic acids is 1. The molecule has 0 aliphatic carbocycles. The van der Waals surface area contributed by atoms with Crippen LogP contribution in [0, 0.1) is 0 Å². The van der Waals surface area contributed by atoms with Gasteiger partial charge in [0.1, 0.15) is 29.9 Å². The fourth-order valence-corrected chi connectivity index (χ4v) is 3.17. The first-order valence-corrected chi connectivity index (χ1v) is 6.57. The number of rotatable bonds is 5. The lowest BCUT2D eigenvalue weighted by atomic mass is 10.0. The van der Waals surface area contributed by atoms with E-state index in [1.807, 2.05) is 0 Å². The Hall–Kier alpha value is -1.68. The second kappa shape index (κ2) is 5.75. The highest BCUT2D eigenvalue weighted by Crippen LogP contribution is 2.39. The molecule has 3 N–H and O–H groups in total. The van der Waals surface area contributed by atoms with E-state index in [1.54, 1.807) is 0 Å². The smallest absolute Gasteiger partial charge is 0.352 e. The average molecular weight is 307 g/mol. The number of fused-ring (bicyclic) bond motifs is 1. The Balaban J connectivity index is 2.12. The van der Waals surface area contributed by atoms with Crippen LogP contribution >= 0.6 is 11.8 Å². The summed E-state index contributed by atoms with van der Waals surface area (Å²) in [7, 11) is 0. The van der Waals surface area contributed by atoms with Crippen LogP contribution in [0.5, 0.6) is 0 Å². The van der Waals surface area contributed by atoms with E-state index in [0.29, 0.717) is 11.8 Å². The Morgan fingerprint density at radius 2 is 2.40 bits per heavy atom. The van der Waals surface area contributed by atoms with Crippen LogP contribution < -0.4 is 5.73 Å². The molecular formula is C10H11F2N3O4S. The van der Waals surface area contributed by atoms with E-state index in [9.17, 15) is 18.4 Å². The zero-order valence-corrected chi connectivity index (χ0v) is 10.8. The van der Waals surface area contributed by atoms with Gasteiger partial charge in [0, 0.05) is 11.3 Å². The van der Waals surface area contributed by atoms with Crippen molar-refractivity contribution in [1.82, 2.24) is 4.90 Å². The second-order valence-electron chi connectivity index (χ2n) is 4.06. The summed E-state index contributed by atoms with van der Waals surface area (Å²) in [6.45, 7) is -0.274. The summed E-state index contributed by atoms with van der Waals surface area (Å²) in [6.07, 6.45) is -2.45. The number of carbonyl (C=O) groups excluding carboxylic acids is 1. The molecule has 2 heterocycles. The second-order valence-corrected chi connectivity index (χ2v) is 5.16. The van der Waals surface area contributed by atoms with E-state index in [0.717, 1.165) is 4.90 Å². The van der Waals surface area contributed by atoms with Gasteiger partial charge in [-0.1, -0.05) is 5.16 Å². The minimum Gasteiger partial charge on any atom is -0.477 e. The lowest BCUT2D eigenvalue weighted by Gasteiger charge is -2.47. The molecule has 0 radical (unpaired) electrons. The fraction of sp³-hybridized carbons (Fsp3) is 0.500. The molecule has 7 nitrogen and oxygen atoms in total. The van der Waals surface area contributed by atoms with Gasteiger partial charge < -0.3 is 15.7 Å². The number of alkyl halides is 2. The zero-order chi connectivity index (χ0) is 14.9. The minimum absolute atomic E-state index is 0.201. The predicted octanol–water partition coefficient (Wildman–Crippen LogP) is -0.165. The van der Waals surface area contributed by atoms with Crippen molar-refractivity contribution in [1.29, 1.82) is 0 Å². The average Bonchev–Trinajstić information content (AvgIpc) is 2.41. The number of carbonyl (C=O) groups is 2. The number of nitrogens with two attached hydrogens (primary N) is 1. The van der Waals surface area contributed by atoms with Crippen LogP contribution in [0.2, 0.25) is 0 Å². The van der Waals surface area contributed by atoms with Crippen LogP contribution in [-0.4, -0.2) is 58.3 Å². The van der Waals surface area contributed by atoms with Crippen molar-refractivity contribution in [3.8, 4) is 0 Å². The molecule has 0 spiro atoms. The van der Waals surface area contributed by atoms with Gasteiger partial charge in [0.25, 0.3) is 6.43 Å². The van der Waals surface area contributed by atoms with Crippen molar-refractivity contribution >= 4 is 29.9 Å². The monoisotopic (exact) mass is 307 g/mol. The Morgan fingerprint density at radius 1 is 1.70 bits per heavy atom. The topological polar surface area (TPSA) is 105 Å². The van der Waals surface area contributed by atoms with E-state index in [4.69, 9.17) is 10.8 Å². The van der Waals surface area contributed by atoms with Crippen LogP contribution in [0.4, 0.5) is 8.78 Å². The first kappa shape index (κ1) is 14.7. The van der Waals surface area contributed by atoms with E-state index >= 15 is 0 Å². The molecule has 2 atom stereocenters. The van der Waals surface area contributed by atoms with E-state index in [1.165, 1.54) is 11.8 Å². The molecule has 0 unspecified atom stereocenters. The van der Waals surface area contributed by atoms with Gasteiger partial charge >= 0.3 is 5.97 Å². The van der Waals surface area contributed by atoms with Crippen molar-refractivity contribution in [2.45, 2.75) is 17.8 Å². The van der Waals surface area contributed by atoms with Gasteiger partial charge in [-0.05, 0) is 0 Å². The number of halogens is 2. The van der Waals surface area contributed by atoms with Crippen LogP contribution in [0.1, 0.15) is 0 Å². The lowest BCUT2D eigenvalue weighted by molar-refractivity contribution is -0.148. The first-order chi connectivity index (χ1) is 9.43. The van der Waals surface area contributed by atoms with E-state index < -0.39 is 29.7 Å². The summed E-state index contributed by atoms with van der Waals surface area (Å²) in [5, 5.41) is 11.8. The number of nitrogens with zero attached hydrogens (tertiary/aromatic N) is 2. The normalized spacial score (nSPS) is 26.0. The van der Waals surface area contributed by atoms with Crippen LogP contribution in [0.3, 0.4) is 0 Å². The summed E-state index contributed by atoms with van der Waals surface area (Å²) in [5.74, 6) is -1.48. The highest BCUT2D eigenvalue weighted by Gasteiger charge is 2.51. The van der Waals surface area contributed by atoms with Gasteiger partial charge in [-0.25, -0.2) is 13.6 Å². The number of carboxylic acid groups (broad SMARTS) is 1. The fourth-order valence-electron chi connectivity index (χ4n) is 1.90. The molecule has 20 heavy (non-hydrogen) atoms. The van der Waals surface area contributed by atoms with Gasteiger partial charge in [0.2, 0.25) is 5.91 Å². The predicted molar refractivity (Wildman–Crippen MR) is 66.2 cm³/mol. The van der Waals surface area contributed by atoms with E-state index in [2.05, 4.69) is 9.99 Å². The van der Waals surface area contributed by atoms with Gasteiger partial charge in [-0.3, -0.25) is 9.69 Å². The Labute approximate surface area is 116 Å². The molecule has 110 valence electrons. The Kier molecular flexibility index (Phi) is 4.23. The van der Waals surface area contributed by atoms with Crippen molar-refractivity contribution in [3.05, 3.63) is 11.3 Å². The third-order valence-corrected chi connectivity index (χ3v) is 4.14. The SMILES string of the molecule is N[C@@H]1C(=O)N2C(C(=O)O)=C(CON=CC(F)F)CS[C@H]12. The van der Waals surface area contributed by atoms with E-state index in [-0.39, 0.29) is 18.1 Å². The summed E-state index contributed by atoms with van der Waals surface area (Å²) in [6, 6.07) is -0.714. The number of oxime groups is 1. The van der Waals surface area contributed by atoms with Gasteiger partial charge in [0.15, 0.2) is 0 Å². The van der Waals surface area contributed by atoms with Crippen molar-refractivity contribution in [2.75, 3.05) is 12.4 Å². The summed E-state index contributed by atoms with van der Waals surface area (Å²) in [5.41, 5.74) is 5.67. The van der Waals surface area contributed by atoms with Crippen LogP contribution in [0.15, 0.2) is 16.4 Å². The molecule has 1 amide bonds. The Morgan fingerprint density at radius 3 is 3.00 bits per heavy atom. The number of β-lactam (4-membered cyclic amide) rings is 1. The molecule has 0 aromatic rings. The van der Waals surface area contributed by atoms with Crippen LogP contribution in [0.25, 0.3) is 0 Å². The van der Waals surface area contributed by atoms with Gasteiger partial charge in [0.05, 0.1) is 0 Å². The van der Waals surface area contributed by atoms with Crippen LogP contribution in [-0.2, 0) is 14.4 Å². The van der Waals surface area contributed by atoms with Gasteiger partial charge in [-0.2, -0.15) is 0 Å². The number of amides is 1. The molecular weight excluding hydrogens is 296 g/mol. The maximum atomic E-state index is 11.8. The van der Waals surface area contributed by atoms with Crippen molar-refractivity contribution < 1.29 is 28.3 Å². The highest BCUT2D eigenvalue weighted by atomic mass is 32.2. The quantitative estimate of drug-likeness (QED) is 0.415.